The number of methoxy groups -OCH3 is 2. The first-order valence-corrected chi connectivity index (χ1v) is 9.77. The van der Waals surface area contributed by atoms with Crippen LogP contribution < -0.4 is 9.47 Å². The fourth-order valence-electron chi connectivity index (χ4n) is 3.23. The van der Waals surface area contributed by atoms with E-state index in [9.17, 15) is 4.79 Å². The number of rotatable bonds is 5. The number of hydrogen-bond donors (Lipinski definition) is 0. The molecular weight excluding hydrogens is 422 g/mol. The lowest BCUT2D eigenvalue weighted by Crippen LogP contribution is -2.48. The molecule has 0 N–H and O–H groups in total. The van der Waals surface area contributed by atoms with E-state index in [1.807, 2.05) is 29.2 Å². The summed E-state index contributed by atoms with van der Waals surface area (Å²) in [5, 5.41) is 8.89. The van der Waals surface area contributed by atoms with Crippen molar-refractivity contribution in [2.24, 2.45) is 0 Å². The van der Waals surface area contributed by atoms with E-state index in [2.05, 4.69) is 26.9 Å². The number of carbonyl (C=O) groups is 1. The molecule has 1 aliphatic rings. The van der Waals surface area contributed by atoms with Gasteiger partial charge in [0.05, 0.1) is 25.9 Å². The number of nitriles is 1. The Morgan fingerprint density at radius 3 is 2.14 bits per heavy atom. The molecule has 1 heterocycles. The molecule has 0 saturated carbocycles. The summed E-state index contributed by atoms with van der Waals surface area (Å²) < 4.78 is 11.4. The molecule has 0 aliphatic carbocycles. The lowest BCUT2D eigenvalue weighted by Gasteiger charge is -2.35. The van der Waals surface area contributed by atoms with Crippen molar-refractivity contribution in [2.75, 3.05) is 40.4 Å². The van der Waals surface area contributed by atoms with E-state index in [1.165, 1.54) is 5.56 Å². The van der Waals surface area contributed by atoms with Gasteiger partial charge < -0.3 is 14.4 Å². The number of amides is 1. The lowest BCUT2D eigenvalue weighted by molar-refractivity contribution is 0.0627. The van der Waals surface area contributed by atoms with Crippen molar-refractivity contribution in [1.29, 1.82) is 5.26 Å². The molecule has 1 saturated heterocycles. The quantitative estimate of drug-likeness (QED) is 0.708. The first kappa shape index (κ1) is 20.2. The first-order chi connectivity index (χ1) is 13.5. The van der Waals surface area contributed by atoms with Gasteiger partial charge in [-0.1, -0.05) is 12.1 Å². The number of ether oxygens (including phenoxy) is 2. The fourth-order valence-corrected chi connectivity index (χ4v) is 3.78. The predicted octanol–water partition coefficient (Wildman–Crippen LogP) is 3.30. The Morgan fingerprint density at radius 1 is 1.07 bits per heavy atom. The zero-order valence-electron chi connectivity index (χ0n) is 15.9. The third kappa shape index (κ3) is 4.46. The third-order valence-corrected chi connectivity index (χ3v) is 5.62. The number of hydrogen-bond acceptors (Lipinski definition) is 5. The van der Waals surface area contributed by atoms with Crippen molar-refractivity contribution < 1.29 is 14.3 Å². The van der Waals surface area contributed by atoms with E-state index >= 15 is 0 Å². The summed E-state index contributed by atoms with van der Waals surface area (Å²) in [4.78, 5) is 17.1. The molecular formula is C21H22BrN3O3. The largest absolute Gasteiger partial charge is 0.495 e. The Morgan fingerprint density at radius 2 is 1.64 bits per heavy atom. The van der Waals surface area contributed by atoms with Crippen LogP contribution in [0.4, 0.5) is 0 Å². The van der Waals surface area contributed by atoms with Crippen molar-refractivity contribution in [2.45, 2.75) is 6.54 Å². The van der Waals surface area contributed by atoms with Gasteiger partial charge in [0.1, 0.15) is 16.0 Å². The van der Waals surface area contributed by atoms with E-state index in [1.54, 1.807) is 26.4 Å². The van der Waals surface area contributed by atoms with E-state index in [4.69, 9.17) is 14.7 Å². The molecule has 146 valence electrons. The van der Waals surface area contributed by atoms with Crippen molar-refractivity contribution >= 4 is 21.8 Å². The second-order valence-corrected chi connectivity index (χ2v) is 7.36. The number of piperazine rings is 1. The maximum Gasteiger partial charge on any atom is 0.254 e. The molecule has 6 nitrogen and oxygen atoms in total. The Labute approximate surface area is 173 Å². The Kier molecular flexibility index (Phi) is 6.55. The molecule has 7 heteroatoms. The highest BCUT2D eigenvalue weighted by atomic mass is 79.9. The number of nitrogens with zero attached hydrogens (tertiary/aromatic N) is 3. The topological polar surface area (TPSA) is 65.8 Å². The summed E-state index contributed by atoms with van der Waals surface area (Å²) in [6.07, 6.45) is 0. The van der Waals surface area contributed by atoms with Gasteiger partial charge in [-0.2, -0.15) is 5.26 Å². The van der Waals surface area contributed by atoms with Crippen LogP contribution in [0.25, 0.3) is 0 Å². The van der Waals surface area contributed by atoms with Gasteiger partial charge in [-0.05, 0) is 45.8 Å². The number of benzene rings is 2. The van der Waals surface area contributed by atoms with Crippen LogP contribution in [0.2, 0.25) is 0 Å². The fraction of sp³-hybridized carbons (Fsp3) is 0.333. The summed E-state index contributed by atoms with van der Waals surface area (Å²) in [6, 6.07) is 13.2. The van der Waals surface area contributed by atoms with Gasteiger partial charge in [0, 0.05) is 38.3 Å². The normalized spacial score (nSPS) is 14.4. The Balaban J connectivity index is 1.63. The minimum absolute atomic E-state index is 0.0258. The monoisotopic (exact) mass is 443 g/mol. The zero-order chi connectivity index (χ0) is 20.1. The van der Waals surface area contributed by atoms with Crippen LogP contribution in [0.3, 0.4) is 0 Å². The zero-order valence-corrected chi connectivity index (χ0v) is 17.5. The molecule has 2 aromatic rings. The molecule has 1 amide bonds. The molecule has 0 bridgehead atoms. The van der Waals surface area contributed by atoms with Crippen LogP contribution in [-0.4, -0.2) is 56.1 Å². The second-order valence-electron chi connectivity index (χ2n) is 6.57. The van der Waals surface area contributed by atoms with Crippen molar-refractivity contribution in [1.82, 2.24) is 9.80 Å². The number of carbonyl (C=O) groups excluding carboxylic acids is 1. The van der Waals surface area contributed by atoms with Crippen LogP contribution in [0, 0.1) is 11.3 Å². The van der Waals surface area contributed by atoms with Gasteiger partial charge in [-0.25, -0.2) is 0 Å². The lowest BCUT2D eigenvalue weighted by atomic mass is 10.1. The molecule has 28 heavy (non-hydrogen) atoms. The van der Waals surface area contributed by atoms with Gasteiger partial charge >= 0.3 is 0 Å². The molecule has 1 fully saturated rings. The van der Waals surface area contributed by atoms with Gasteiger partial charge in [0.2, 0.25) is 0 Å². The van der Waals surface area contributed by atoms with Gasteiger partial charge in [0.25, 0.3) is 5.91 Å². The second kappa shape index (κ2) is 9.09. The van der Waals surface area contributed by atoms with Crippen LogP contribution in [0.5, 0.6) is 11.5 Å². The third-order valence-electron chi connectivity index (χ3n) is 4.84. The molecule has 0 unspecified atom stereocenters. The molecule has 3 rings (SSSR count). The van der Waals surface area contributed by atoms with Crippen molar-refractivity contribution in [3.63, 3.8) is 0 Å². The van der Waals surface area contributed by atoms with Crippen LogP contribution in [0.1, 0.15) is 21.5 Å². The summed E-state index contributed by atoms with van der Waals surface area (Å²) in [7, 11) is 3.13. The van der Waals surface area contributed by atoms with Gasteiger partial charge in [-0.3, -0.25) is 9.69 Å². The Hall–Kier alpha value is -2.56. The van der Waals surface area contributed by atoms with E-state index in [0.29, 0.717) is 40.2 Å². The summed E-state index contributed by atoms with van der Waals surface area (Å²) in [5.74, 6) is 1.12. The summed E-state index contributed by atoms with van der Waals surface area (Å²) in [5.41, 5.74) is 2.39. The molecule has 0 spiro atoms. The average molecular weight is 444 g/mol. The average Bonchev–Trinajstić information content (AvgIpc) is 2.74. The van der Waals surface area contributed by atoms with Crippen molar-refractivity contribution in [3.05, 3.63) is 57.6 Å². The Bertz CT molecular complexity index is 860. The highest BCUT2D eigenvalue weighted by Gasteiger charge is 2.24. The predicted molar refractivity (Wildman–Crippen MR) is 110 cm³/mol. The molecule has 0 atom stereocenters. The molecule has 2 aromatic carbocycles. The minimum atomic E-state index is -0.0258. The van der Waals surface area contributed by atoms with Crippen LogP contribution in [-0.2, 0) is 6.54 Å². The van der Waals surface area contributed by atoms with Crippen LogP contribution >= 0.6 is 15.9 Å². The van der Waals surface area contributed by atoms with Crippen LogP contribution in [0.15, 0.2) is 40.9 Å². The first-order valence-electron chi connectivity index (χ1n) is 8.98. The van der Waals surface area contributed by atoms with E-state index in [0.717, 1.165) is 19.6 Å². The standard InChI is InChI=1S/C21H22BrN3O3/c1-27-18-11-17(12-19(28-2)20(18)22)21(26)25-9-7-24(8-10-25)14-16-5-3-15(13-23)4-6-16/h3-6,11-12H,7-10,14H2,1-2H3. The highest BCUT2D eigenvalue weighted by molar-refractivity contribution is 9.10. The maximum atomic E-state index is 12.9. The molecule has 1 aliphatic heterocycles. The van der Waals surface area contributed by atoms with E-state index in [-0.39, 0.29) is 5.91 Å². The molecule has 0 radical (unpaired) electrons. The smallest absolute Gasteiger partial charge is 0.254 e. The SMILES string of the molecule is COc1cc(C(=O)N2CCN(Cc3ccc(C#N)cc3)CC2)cc(OC)c1Br. The maximum absolute atomic E-state index is 12.9. The number of halogens is 1. The molecule has 0 aromatic heterocycles. The minimum Gasteiger partial charge on any atom is -0.495 e. The summed E-state index contributed by atoms with van der Waals surface area (Å²) >= 11 is 3.43. The van der Waals surface area contributed by atoms with Gasteiger partial charge in [0.15, 0.2) is 0 Å². The van der Waals surface area contributed by atoms with Crippen molar-refractivity contribution in [3.8, 4) is 17.6 Å². The highest BCUT2D eigenvalue weighted by Crippen LogP contribution is 2.36. The van der Waals surface area contributed by atoms with Gasteiger partial charge in [-0.15, -0.1) is 0 Å². The van der Waals surface area contributed by atoms with E-state index < -0.39 is 0 Å². The summed E-state index contributed by atoms with van der Waals surface area (Å²) in [6.45, 7) is 3.74.